The summed E-state index contributed by atoms with van der Waals surface area (Å²) in [5, 5.41) is 0. The van der Waals surface area contributed by atoms with Gasteiger partial charge in [0.05, 0.1) is 6.61 Å². The highest BCUT2D eigenvalue weighted by molar-refractivity contribution is 5.76. The zero-order valence-electron chi connectivity index (χ0n) is 15.5. The Morgan fingerprint density at radius 3 is 2.54 bits per heavy atom. The molecule has 6 nitrogen and oxygen atoms in total. The highest BCUT2D eigenvalue weighted by atomic mass is 16.5. The summed E-state index contributed by atoms with van der Waals surface area (Å²) in [4.78, 5) is 25.2. The number of rotatable bonds is 6. The van der Waals surface area contributed by atoms with E-state index in [1.54, 1.807) is 6.33 Å². The van der Waals surface area contributed by atoms with Crippen LogP contribution in [0.4, 0.5) is 5.82 Å². The molecule has 0 saturated carbocycles. The molecule has 0 bridgehead atoms. The van der Waals surface area contributed by atoms with Crippen molar-refractivity contribution in [3.63, 3.8) is 0 Å². The summed E-state index contributed by atoms with van der Waals surface area (Å²) in [7, 11) is 0. The first-order valence-electron chi connectivity index (χ1n) is 9.14. The highest BCUT2D eigenvalue weighted by Crippen LogP contribution is 2.20. The quantitative estimate of drug-likeness (QED) is 0.747. The number of carbonyl (C=O) groups excluding carboxylic acids is 1. The van der Waals surface area contributed by atoms with Crippen molar-refractivity contribution in [2.75, 3.05) is 37.7 Å². The molecule has 1 aromatic carbocycles. The molecule has 0 N–H and O–H groups in total. The fourth-order valence-corrected chi connectivity index (χ4v) is 3.10. The summed E-state index contributed by atoms with van der Waals surface area (Å²) in [6.45, 7) is 7.71. The third-order valence-corrected chi connectivity index (χ3v) is 4.79. The van der Waals surface area contributed by atoms with Gasteiger partial charge in [0, 0.05) is 43.9 Å². The van der Waals surface area contributed by atoms with Crippen LogP contribution in [0.5, 0.6) is 5.75 Å². The lowest BCUT2D eigenvalue weighted by molar-refractivity contribution is -0.131. The van der Waals surface area contributed by atoms with Crippen LogP contribution in [0, 0.1) is 13.8 Å². The Balaban J connectivity index is 1.41. The van der Waals surface area contributed by atoms with Gasteiger partial charge in [0.1, 0.15) is 17.9 Å². The lowest BCUT2D eigenvalue weighted by Crippen LogP contribution is -2.49. The van der Waals surface area contributed by atoms with Crippen LogP contribution in [0.3, 0.4) is 0 Å². The Bertz CT molecular complexity index is 728. The fraction of sp³-hybridized carbons (Fsp3) is 0.450. The Morgan fingerprint density at radius 1 is 1.08 bits per heavy atom. The number of aryl methyl sites for hydroxylation is 1. The van der Waals surface area contributed by atoms with E-state index < -0.39 is 0 Å². The molecule has 1 aliphatic rings. The van der Waals surface area contributed by atoms with Crippen molar-refractivity contribution in [3.8, 4) is 5.75 Å². The number of hydrogen-bond donors (Lipinski definition) is 0. The smallest absolute Gasteiger partial charge is 0.222 e. The molecule has 1 amide bonds. The average molecular weight is 354 g/mol. The van der Waals surface area contributed by atoms with Crippen LogP contribution in [0.15, 0.2) is 36.7 Å². The molecule has 3 rings (SSSR count). The van der Waals surface area contributed by atoms with Gasteiger partial charge in [-0.15, -0.1) is 0 Å². The predicted octanol–water partition coefficient (Wildman–Crippen LogP) is 2.60. The van der Waals surface area contributed by atoms with Gasteiger partial charge in [0.25, 0.3) is 0 Å². The van der Waals surface area contributed by atoms with Gasteiger partial charge in [0.15, 0.2) is 0 Å². The number of carbonyl (C=O) groups is 1. The second-order valence-electron chi connectivity index (χ2n) is 6.54. The molecule has 6 heteroatoms. The van der Waals surface area contributed by atoms with E-state index in [9.17, 15) is 4.79 Å². The number of ether oxygens (including phenoxy) is 1. The number of nitrogens with zero attached hydrogens (tertiary/aromatic N) is 4. The topological polar surface area (TPSA) is 58.6 Å². The minimum absolute atomic E-state index is 0.205. The van der Waals surface area contributed by atoms with Crippen LogP contribution in [0.2, 0.25) is 0 Å². The van der Waals surface area contributed by atoms with Gasteiger partial charge in [-0.1, -0.05) is 18.2 Å². The lowest BCUT2D eigenvalue weighted by Gasteiger charge is -2.36. The monoisotopic (exact) mass is 354 g/mol. The molecule has 0 aliphatic carbocycles. The predicted molar refractivity (Wildman–Crippen MR) is 101 cm³/mol. The van der Waals surface area contributed by atoms with Gasteiger partial charge in [0.2, 0.25) is 5.91 Å². The molecule has 1 aromatic heterocycles. The van der Waals surface area contributed by atoms with E-state index in [-0.39, 0.29) is 5.91 Å². The molecule has 2 heterocycles. The minimum atomic E-state index is 0.205. The maximum atomic E-state index is 12.4. The number of para-hydroxylation sites is 1. The normalized spacial score (nSPS) is 14.4. The number of piperazine rings is 1. The van der Waals surface area contributed by atoms with Crippen molar-refractivity contribution in [1.82, 2.24) is 14.9 Å². The van der Waals surface area contributed by atoms with Gasteiger partial charge in [-0.3, -0.25) is 4.79 Å². The largest absolute Gasteiger partial charge is 0.494 e. The van der Waals surface area contributed by atoms with Crippen LogP contribution in [-0.4, -0.2) is 53.6 Å². The fourth-order valence-electron chi connectivity index (χ4n) is 3.10. The standard InChI is InChI=1S/C20H26N4O2/c1-16-17(2)21-15-22-20(16)24-12-10-23(11-13-24)19(25)9-6-14-26-18-7-4-3-5-8-18/h3-5,7-8,15H,6,9-14H2,1-2H3. The molecule has 1 fully saturated rings. The molecule has 0 spiro atoms. The summed E-state index contributed by atoms with van der Waals surface area (Å²) in [5.74, 6) is 2.04. The first-order chi connectivity index (χ1) is 12.6. The van der Waals surface area contributed by atoms with Gasteiger partial charge < -0.3 is 14.5 Å². The Labute approximate surface area is 154 Å². The van der Waals surface area contributed by atoms with Gasteiger partial charge in [-0.05, 0) is 32.4 Å². The molecule has 0 radical (unpaired) electrons. The van der Waals surface area contributed by atoms with Crippen LogP contribution >= 0.6 is 0 Å². The zero-order chi connectivity index (χ0) is 18.4. The second-order valence-corrected chi connectivity index (χ2v) is 6.54. The maximum absolute atomic E-state index is 12.4. The number of anilines is 1. The van der Waals surface area contributed by atoms with Crippen LogP contribution < -0.4 is 9.64 Å². The molecule has 138 valence electrons. The van der Waals surface area contributed by atoms with Crippen molar-refractivity contribution >= 4 is 11.7 Å². The van der Waals surface area contributed by atoms with Crippen LogP contribution in [0.25, 0.3) is 0 Å². The Hall–Kier alpha value is -2.63. The summed E-state index contributed by atoms with van der Waals surface area (Å²) in [5.41, 5.74) is 2.12. The van der Waals surface area contributed by atoms with Crippen LogP contribution in [0.1, 0.15) is 24.1 Å². The van der Waals surface area contributed by atoms with Gasteiger partial charge >= 0.3 is 0 Å². The van der Waals surface area contributed by atoms with E-state index in [2.05, 4.69) is 21.8 Å². The Morgan fingerprint density at radius 2 is 1.81 bits per heavy atom. The zero-order valence-corrected chi connectivity index (χ0v) is 15.5. The summed E-state index contributed by atoms with van der Waals surface area (Å²) < 4.78 is 5.65. The first kappa shape index (κ1) is 18.2. The van der Waals surface area contributed by atoms with Crippen molar-refractivity contribution in [1.29, 1.82) is 0 Å². The number of aromatic nitrogens is 2. The molecule has 1 aliphatic heterocycles. The molecule has 1 saturated heterocycles. The van der Waals surface area contributed by atoms with E-state index in [0.717, 1.165) is 55.4 Å². The van der Waals surface area contributed by atoms with Crippen LogP contribution in [-0.2, 0) is 4.79 Å². The van der Waals surface area contributed by atoms with E-state index in [1.807, 2.05) is 42.2 Å². The molecule has 26 heavy (non-hydrogen) atoms. The van der Waals surface area contributed by atoms with Gasteiger partial charge in [-0.25, -0.2) is 9.97 Å². The first-order valence-corrected chi connectivity index (χ1v) is 9.14. The molecule has 0 atom stereocenters. The Kier molecular flexibility index (Phi) is 6.04. The lowest BCUT2D eigenvalue weighted by atomic mass is 10.2. The average Bonchev–Trinajstić information content (AvgIpc) is 2.68. The van der Waals surface area contributed by atoms with Crippen molar-refractivity contribution in [3.05, 3.63) is 47.9 Å². The highest BCUT2D eigenvalue weighted by Gasteiger charge is 2.22. The van der Waals surface area contributed by atoms with E-state index >= 15 is 0 Å². The number of benzene rings is 1. The minimum Gasteiger partial charge on any atom is -0.494 e. The van der Waals surface area contributed by atoms with E-state index in [4.69, 9.17) is 4.74 Å². The molecule has 2 aromatic rings. The third kappa shape index (κ3) is 4.50. The van der Waals surface area contributed by atoms with Crippen molar-refractivity contribution in [2.45, 2.75) is 26.7 Å². The number of hydrogen-bond acceptors (Lipinski definition) is 5. The van der Waals surface area contributed by atoms with E-state index in [1.165, 1.54) is 0 Å². The summed E-state index contributed by atoms with van der Waals surface area (Å²) >= 11 is 0. The molecular formula is C20H26N4O2. The SMILES string of the molecule is Cc1ncnc(N2CCN(C(=O)CCCOc3ccccc3)CC2)c1C. The summed E-state index contributed by atoms with van der Waals surface area (Å²) in [6, 6.07) is 9.71. The molecule has 0 unspecified atom stereocenters. The van der Waals surface area contributed by atoms with Crippen molar-refractivity contribution in [2.24, 2.45) is 0 Å². The second kappa shape index (κ2) is 8.65. The van der Waals surface area contributed by atoms with Crippen molar-refractivity contribution < 1.29 is 9.53 Å². The number of amides is 1. The third-order valence-electron chi connectivity index (χ3n) is 4.79. The summed E-state index contributed by atoms with van der Waals surface area (Å²) in [6.07, 6.45) is 2.87. The van der Waals surface area contributed by atoms with Gasteiger partial charge in [-0.2, -0.15) is 0 Å². The molecular weight excluding hydrogens is 328 g/mol. The van der Waals surface area contributed by atoms with E-state index in [0.29, 0.717) is 13.0 Å². The maximum Gasteiger partial charge on any atom is 0.222 e.